The summed E-state index contributed by atoms with van der Waals surface area (Å²) in [5, 5.41) is 12.9. The van der Waals surface area contributed by atoms with Gasteiger partial charge in [0.1, 0.15) is 11.6 Å². The van der Waals surface area contributed by atoms with Gasteiger partial charge in [0, 0.05) is 36.0 Å². The first-order chi connectivity index (χ1) is 15.5. The van der Waals surface area contributed by atoms with Gasteiger partial charge in [-0.05, 0) is 43.2 Å². The Morgan fingerprint density at radius 3 is 2.72 bits per heavy atom. The molecule has 1 aliphatic carbocycles. The second-order valence-electron chi connectivity index (χ2n) is 8.19. The molecule has 170 valence electrons. The van der Waals surface area contributed by atoms with Gasteiger partial charge in [0.15, 0.2) is 0 Å². The maximum Gasteiger partial charge on any atom is 0.251 e. The lowest BCUT2D eigenvalue weighted by molar-refractivity contribution is 0.0717. The van der Waals surface area contributed by atoms with Crippen LogP contribution in [-0.4, -0.2) is 54.4 Å². The van der Waals surface area contributed by atoms with Crippen LogP contribution in [0, 0.1) is 5.82 Å². The van der Waals surface area contributed by atoms with E-state index in [1.54, 1.807) is 12.3 Å². The fourth-order valence-corrected chi connectivity index (χ4v) is 4.10. The summed E-state index contributed by atoms with van der Waals surface area (Å²) in [7, 11) is 0. The number of nitrogens with zero attached hydrogens (tertiary/aromatic N) is 2. The first kappa shape index (κ1) is 22.4. The van der Waals surface area contributed by atoms with Gasteiger partial charge in [-0.25, -0.2) is 8.78 Å². The van der Waals surface area contributed by atoms with Crippen molar-refractivity contribution >= 4 is 23.5 Å². The molecule has 8 heteroatoms. The molecule has 0 unspecified atom stereocenters. The molecule has 2 aliphatic rings. The number of carbonyl (C=O) groups excluding carboxylic acids is 1. The largest absolute Gasteiger partial charge is 0.391 e. The molecule has 2 atom stereocenters. The number of aliphatic hydroxyl groups excluding tert-OH is 1. The van der Waals surface area contributed by atoms with Crippen molar-refractivity contribution in [2.24, 2.45) is 0 Å². The molecule has 1 saturated heterocycles. The van der Waals surface area contributed by atoms with E-state index < -0.39 is 23.7 Å². The number of amides is 1. The van der Waals surface area contributed by atoms with E-state index in [-0.39, 0.29) is 22.7 Å². The van der Waals surface area contributed by atoms with Gasteiger partial charge >= 0.3 is 0 Å². The third-order valence-electron chi connectivity index (χ3n) is 5.96. The number of rotatable bonds is 5. The molecule has 4 rings (SSSR count). The molecule has 1 aliphatic heterocycles. The van der Waals surface area contributed by atoms with Crippen molar-refractivity contribution in [1.82, 2.24) is 10.3 Å². The molecular weight excluding hydrogens is 416 g/mol. The van der Waals surface area contributed by atoms with Gasteiger partial charge < -0.3 is 20.1 Å². The molecule has 6 nitrogen and oxygen atoms in total. The van der Waals surface area contributed by atoms with Gasteiger partial charge in [-0.2, -0.15) is 0 Å². The molecule has 0 radical (unpaired) electrons. The van der Waals surface area contributed by atoms with Gasteiger partial charge in [-0.15, -0.1) is 0 Å². The van der Waals surface area contributed by atoms with Crippen LogP contribution < -0.4 is 10.2 Å². The van der Waals surface area contributed by atoms with Crippen molar-refractivity contribution in [3.05, 3.63) is 59.2 Å². The summed E-state index contributed by atoms with van der Waals surface area (Å²) >= 11 is 0. The minimum absolute atomic E-state index is 0.0314. The van der Waals surface area contributed by atoms with E-state index in [1.165, 1.54) is 18.3 Å². The van der Waals surface area contributed by atoms with Crippen LogP contribution in [0.15, 0.2) is 36.7 Å². The number of aliphatic hydroxyl groups is 1. The molecule has 0 bridgehead atoms. The number of carbonyl (C=O) groups is 1. The van der Waals surface area contributed by atoms with Crippen LogP contribution in [0.1, 0.15) is 47.2 Å². The summed E-state index contributed by atoms with van der Waals surface area (Å²) in [5.74, 6) is -1.69. The van der Waals surface area contributed by atoms with Crippen molar-refractivity contribution in [3.8, 4) is 0 Å². The molecule has 2 fully saturated rings. The monoisotopic (exact) mass is 443 g/mol. The minimum atomic E-state index is -0.647. The van der Waals surface area contributed by atoms with E-state index in [1.807, 2.05) is 0 Å². The van der Waals surface area contributed by atoms with Crippen molar-refractivity contribution in [2.45, 2.75) is 37.8 Å². The number of anilines is 1. The number of pyridine rings is 1. The Morgan fingerprint density at radius 2 is 1.94 bits per heavy atom. The Hall–Kier alpha value is -2.84. The minimum Gasteiger partial charge on any atom is -0.391 e. The number of nitrogens with one attached hydrogen (secondary N) is 1. The summed E-state index contributed by atoms with van der Waals surface area (Å²) in [6.45, 7) is 2.58. The first-order valence-corrected chi connectivity index (χ1v) is 10.9. The fourth-order valence-electron chi connectivity index (χ4n) is 4.10. The van der Waals surface area contributed by atoms with Gasteiger partial charge in [0.05, 0.1) is 37.2 Å². The number of aromatic nitrogens is 1. The zero-order valence-electron chi connectivity index (χ0n) is 17.8. The molecule has 2 N–H and O–H groups in total. The van der Waals surface area contributed by atoms with Gasteiger partial charge in [0.2, 0.25) is 0 Å². The van der Waals surface area contributed by atoms with Gasteiger partial charge in [-0.1, -0.05) is 12.8 Å². The maximum absolute atomic E-state index is 15.0. The van der Waals surface area contributed by atoms with E-state index in [0.29, 0.717) is 39.1 Å². The number of hydrogen-bond acceptors (Lipinski definition) is 5. The number of morpholine rings is 1. The molecule has 2 heterocycles. The summed E-state index contributed by atoms with van der Waals surface area (Å²) in [4.78, 5) is 18.8. The van der Waals surface area contributed by atoms with Crippen LogP contribution >= 0.6 is 0 Å². The number of benzene rings is 1. The van der Waals surface area contributed by atoms with Crippen LogP contribution in [0.4, 0.5) is 14.5 Å². The average molecular weight is 443 g/mol. The van der Waals surface area contributed by atoms with E-state index in [2.05, 4.69) is 15.2 Å². The number of hydrogen-bond donors (Lipinski definition) is 2. The SMILES string of the molecule is O=C(N[C@H]1CCCC[C@@H]1O)c1ccc(F)c(/C=C(\F)c2cncc(N3CCOCC3)c2)c1. The van der Waals surface area contributed by atoms with Crippen LogP contribution in [0.2, 0.25) is 0 Å². The lowest BCUT2D eigenvalue weighted by Gasteiger charge is -2.28. The molecule has 0 spiro atoms. The smallest absolute Gasteiger partial charge is 0.251 e. The molecule has 2 aromatic rings. The number of ether oxygens (including phenoxy) is 1. The van der Waals surface area contributed by atoms with Crippen LogP contribution in [-0.2, 0) is 4.74 Å². The normalized spacial score (nSPS) is 22.0. The Bertz CT molecular complexity index is 992. The van der Waals surface area contributed by atoms with Crippen LogP contribution in [0.3, 0.4) is 0 Å². The summed E-state index contributed by atoms with van der Waals surface area (Å²) in [5.41, 5.74) is 1.18. The topological polar surface area (TPSA) is 74.7 Å². The van der Waals surface area contributed by atoms with Crippen molar-refractivity contribution in [3.63, 3.8) is 0 Å². The zero-order chi connectivity index (χ0) is 22.5. The molecule has 32 heavy (non-hydrogen) atoms. The highest BCUT2D eigenvalue weighted by Gasteiger charge is 2.25. The van der Waals surface area contributed by atoms with E-state index in [9.17, 15) is 18.7 Å². The Balaban J connectivity index is 1.52. The van der Waals surface area contributed by atoms with Crippen molar-refractivity contribution < 1.29 is 23.4 Å². The highest BCUT2D eigenvalue weighted by atomic mass is 19.1. The van der Waals surface area contributed by atoms with Crippen LogP contribution in [0.25, 0.3) is 11.9 Å². The zero-order valence-corrected chi connectivity index (χ0v) is 17.8. The summed E-state index contributed by atoms with van der Waals surface area (Å²) in [6.07, 6.45) is 6.73. The predicted molar refractivity (Wildman–Crippen MR) is 118 cm³/mol. The fraction of sp³-hybridized carbons (Fsp3) is 0.417. The predicted octanol–water partition coefficient (Wildman–Crippen LogP) is 3.56. The van der Waals surface area contributed by atoms with Crippen LogP contribution in [0.5, 0.6) is 0 Å². The summed E-state index contributed by atoms with van der Waals surface area (Å²) in [6, 6.07) is 5.16. The average Bonchev–Trinajstić information content (AvgIpc) is 2.82. The first-order valence-electron chi connectivity index (χ1n) is 10.9. The summed E-state index contributed by atoms with van der Waals surface area (Å²) < 4.78 is 34.7. The molecule has 1 aromatic carbocycles. The second kappa shape index (κ2) is 10.2. The Morgan fingerprint density at radius 1 is 1.16 bits per heavy atom. The molecular formula is C24H27F2N3O3. The third-order valence-corrected chi connectivity index (χ3v) is 5.96. The van der Waals surface area contributed by atoms with E-state index >= 15 is 0 Å². The standard InChI is InChI=1S/C24H27F2N3O3/c25-20-6-5-16(24(31)28-22-3-1-2-4-23(22)30)11-17(20)13-21(26)18-12-19(15-27-14-18)29-7-9-32-10-8-29/h5-6,11-15,22-23,30H,1-4,7-10H2,(H,28,31)/b21-13-/t22-,23-/m0/s1. The van der Waals surface area contributed by atoms with E-state index in [0.717, 1.165) is 30.7 Å². The lowest BCUT2D eigenvalue weighted by Crippen LogP contribution is -2.45. The van der Waals surface area contributed by atoms with Gasteiger partial charge in [0.25, 0.3) is 5.91 Å². The second-order valence-corrected chi connectivity index (χ2v) is 8.19. The molecule has 1 aromatic heterocycles. The number of halogens is 2. The van der Waals surface area contributed by atoms with E-state index in [4.69, 9.17) is 4.74 Å². The van der Waals surface area contributed by atoms with Crippen molar-refractivity contribution in [2.75, 3.05) is 31.2 Å². The highest BCUT2D eigenvalue weighted by molar-refractivity contribution is 5.95. The Kier molecular flexibility index (Phi) is 7.12. The quantitative estimate of drug-likeness (QED) is 0.739. The molecule has 1 saturated carbocycles. The molecule has 1 amide bonds. The van der Waals surface area contributed by atoms with Crippen molar-refractivity contribution in [1.29, 1.82) is 0 Å². The Labute approximate surface area is 185 Å². The maximum atomic E-state index is 15.0. The lowest BCUT2D eigenvalue weighted by atomic mass is 9.92. The highest BCUT2D eigenvalue weighted by Crippen LogP contribution is 2.25. The third kappa shape index (κ3) is 5.31. The van der Waals surface area contributed by atoms with Gasteiger partial charge in [-0.3, -0.25) is 9.78 Å².